The van der Waals surface area contributed by atoms with Gasteiger partial charge in [0.05, 0.1) is 18.3 Å². The number of hydrogen-bond donors (Lipinski definition) is 3. The molecule has 1 amide bonds. The molecule has 146 valence electrons. The number of benzene rings is 2. The Morgan fingerprint density at radius 1 is 1.14 bits per heavy atom. The second-order valence-electron chi connectivity index (χ2n) is 7.03. The molecule has 0 spiro atoms. The quantitative estimate of drug-likeness (QED) is 0.425. The predicted octanol–water partition coefficient (Wildman–Crippen LogP) is 2.92. The monoisotopic (exact) mass is 396 g/mol. The predicted molar refractivity (Wildman–Crippen MR) is 115 cm³/mol. The first-order valence-electron chi connectivity index (χ1n) is 9.29. The molecule has 3 N–H and O–H groups in total. The first-order valence-corrected chi connectivity index (χ1v) is 10.5. The summed E-state index contributed by atoms with van der Waals surface area (Å²) in [5.74, 6) is -0.0564. The zero-order valence-corrected chi connectivity index (χ0v) is 17.4. The van der Waals surface area contributed by atoms with E-state index in [2.05, 4.69) is 10.3 Å². The molecule has 0 saturated heterocycles. The summed E-state index contributed by atoms with van der Waals surface area (Å²) in [6.45, 7) is 4.01. The van der Waals surface area contributed by atoms with Gasteiger partial charge in [0.1, 0.15) is 6.04 Å². The van der Waals surface area contributed by atoms with Crippen LogP contribution in [0.4, 0.5) is 5.69 Å². The number of H-pyrrole nitrogens is 1. The van der Waals surface area contributed by atoms with Gasteiger partial charge >= 0.3 is 0 Å². The van der Waals surface area contributed by atoms with Crippen LogP contribution in [0, 0.1) is 6.92 Å². The number of para-hydroxylation sites is 2. The molecule has 0 aliphatic heterocycles. The number of aromatic amines is 1. The Balaban J connectivity index is 1.71. The topological polar surface area (TPSA) is 66.4 Å². The van der Waals surface area contributed by atoms with E-state index in [-0.39, 0.29) is 24.3 Å². The molecule has 2 atom stereocenters. The highest BCUT2D eigenvalue weighted by molar-refractivity contribution is 7.98. The SMILES string of the molecule is CSc1ccccc1NC(=O)C[NH+](C)[C@@H](C)C(=O)c1c(C)[nH]c2ccccc12. The number of anilines is 1. The summed E-state index contributed by atoms with van der Waals surface area (Å²) in [5, 5.41) is 3.90. The van der Waals surface area contributed by atoms with Gasteiger partial charge in [-0.1, -0.05) is 30.3 Å². The van der Waals surface area contributed by atoms with Crippen molar-refractivity contribution in [2.45, 2.75) is 24.8 Å². The second kappa shape index (κ2) is 8.63. The number of likely N-dealkylation sites (N-methyl/N-ethyl adjacent to an activating group) is 1. The van der Waals surface area contributed by atoms with Crippen LogP contribution in [0.5, 0.6) is 0 Å². The van der Waals surface area contributed by atoms with E-state index in [9.17, 15) is 9.59 Å². The third kappa shape index (κ3) is 4.13. The van der Waals surface area contributed by atoms with E-state index in [1.165, 1.54) is 0 Å². The lowest BCUT2D eigenvalue weighted by Gasteiger charge is -2.20. The van der Waals surface area contributed by atoms with Crippen molar-refractivity contribution in [3.05, 3.63) is 59.8 Å². The van der Waals surface area contributed by atoms with Gasteiger partial charge in [0.2, 0.25) is 5.78 Å². The summed E-state index contributed by atoms with van der Waals surface area (Å²) in [7, 11) is 1.88. The number of nitrogens with one attached hydrogen (secondary N) is 3. The maximum absolute atomic E-state index is 13.1. The zero-order valence-electron chi connectivity index (χ0n) is 16.6. The molecule has 2 aromatic carbocycles. The molecule has 1 aromatic heterocycles. The average Bonchev–Trinajstić information content (AvgIpc) is 3.02. The van der Waals surface area contributed by atoms with Gasteiger partial charge in [0, 0.05) is 21.5 Å². The number of aryl methyl sites for hydroxylation is 1. The van der Waals surface area contributed by atoms with Gasteiger partial charge in [-0.15, -0.1) is 11.8 Å². The number of amides is 1. The Morgan fingerprint density at radius 2 is 1.82 bits per heavy atom. The summed E-state index contributed by atoms with van der Waals surface area (Å²) in [6, 6.07) is 15.2. The molecule has 5 nitrogen and oxygen atoms in total. The normalized spacial score (nSPS) is 13.3. The lowest BCUT2D eigenvalue weighted by Crippen LogP contribution is -3.14. The third-order valence-electron chi connectivity index (χ3n) is 5.09. The van der Waals surface area contributed by atoms with Crippen molar-refractivity contribution in [2.24, 2.45) is 0 Å². The first-order chi connectivity index (χ1) is 13.4. The molecule has 0 aliphatic rings. The van der Waals surface area contributed by atoms with Gasteiger partial charge < -0.3 is 15.2 Å². The summed E-state index contributed by atoms with van der Waals surface area (Å²) in [6.07, 6.45) is 1.98. The van der Waals surface area contributed by atoms with E-state index in [4.69, 9.17) is 0 Å². The number of ketones is 1. The molecule has 0 fully saturated rings. The highest BCUT2D eigenvalue weighted by atomic mass is 32.2. The fraction of sp³-hybridized carbons (Fsp3) is 0.273. The van der Waals surface area contributed by atoms with E-state index in [1.807, 2.05) is 75.7 Å². The average molecular weight is 397 g/mol. The highest BCUT2D eigenvalue weighted by Gasteiger charge is 2.28. The van der Waals surface area contributed by atoms with Crippen molar-refractivity contribution in [1.82, 2.24) is 4.98 Å². The summed E-state index contributed by atoms with van der Waals surface area (Å²) in [5.41, 5.74) is 3.35. The summed E-state index contributed by atoms with van der Waals surface area (Å²) in [4.78, 5) is 30.8. The fourth-order valence-corrected chi connectivity index (χ4v) is 3.94. The van der Waals surface area contributed by atoms with Crippen molar-refractivity contribution in [3.8, 4) is 0 Å². The number of quaternary nitrogens is 1. The van der Waals surface area contributed by atoms with E-state index in [1.54, 1.807) is 11.8 Å². The van der Waals surface area contributed by atoms with E-state index in [0.29, 0.717) is 0 Å². The number of aromatic nitrogens is 1. The third-order valence-corrected chi connectivity index (χ3v) is 5.89. The molecular weight excluding hydrogens is 370 g/mol. The van der Waals surface area contributed by atoms with Gasteiger partial charge in [-0.25, -0.2) is 0 Å². The number of fused-ring (bicyclic) bond motifs is 1. The minimum atomic E-state index is -0.334. The van der Waals surface area contributed by atoms with Gasteiger partial charge in [-0.05, 0) is 38.3 Å². The van der Waals surface area contributed by atoms with Crippen LogP contribution in [0.2, 0.25) is 0 Å². The first kappa shape index (κ1) is 20.2. The molecule has 28 heavy (non-hydrogen) atoms. The van der Waals surface area contributed by atoms with Crippen molar-refractivity contribution in [3.63, 3.8) is 0 Å². The molecule has 3 rings (SSSR count). The van der Waals surface area contributed by atoms with Crippen LogP contribution in [0.3, 0.4) is 0 Å². The van der Waals surface area contributed by atoms with Crippen molar-refractivity contribution >= 4 is 40.0 Å². The van der Waals surface area contributed by atoms with Gasteiger partial charge in [0.25, 0.3) is 5.91 Å². The van der Waals surface area contributed by atoms with Gasteiger partial charge in [0.15, 0.2) is 6.54 Å². The summed E-state index contributed by atoms with van der Waals surface area (Å²) < 4.78 is 0. The van der Waals surface area contributed by atoms with E-state index in [0.717, 1.165) is 37.6 Å². The van der Waals surface area contributed by atoms with Crippen molar-refractivity contribution < 1.29 is 14.5 Å². The fourth-order valence-electron chi connectivity index (χ4n) is 3.38. The lowest BCUT2D eigenvalue weighted by molar-refractivity contribution is -0.885. The number of carbonyl (C=O) groups is 2. The largest absolute Gasteiger partial charge is 0.358 e. The Hall–Kier alpha value is -2.57. The molecule has 0 radical (unpaired) electrons. The minimum Gasteiger partial charge on any atom is -0.358 e. The Morgan fingerprint density at radius 3 is 2.57 bits per heavy atom. The second-order valence-corrected chi connectivity index (χ2v) is 7.88. The molecule has 0 saturated carbocycles. The molecule has 1 unspecified atom stereocenters. The smallest absolute Gasteiger partial charge is 0.279 e. The van der Waals surface area contributed by atoms with E-state index >= 15 is 0 Å². The Bertz CT molecular complexity index is 1010. The molecular formula is C22H26N3O2S+. The Kier molecular flexibility index (Phi) is 6.21. The highest BCUT2D eigenvalue weighted by Crippen LogP contribution is 2.24. The molecule has 0 aliphatic carbocycles. The maximum Gasteiger partial charge on any atom is 0.279 e. The van der Waals surface area contributed by atoms with Crippen LogP contribution in [-0.2, 0) is 4.79 Å². The van der Waals surface area contributed by atoms with E-state index < -0.39 is 0 Å². The zero-order chi connectivity index (χ0) is 20.3. The van der Waals surface area contributed by atoms with Crippen LogP contribution in [0.25, 0.3) is 10.9 Å². The number of thioether (sulfide) groups is 1. The van der Waals surface area contributed by atoms with Crippen LogP contribution in [0.15, 0.2) is 53.4 Å². The van der Waals surface area contributed by atoms with Gasteiger partial charge in [-0.3, -0.25) is 9.59 Å². The maximum atomic E-state index is 13.1. The lowest BCUT2D eigenvalue weighted by atomic mass is 10.0. The molecule has 6 heteroatoms. The molecule has 1 heterocycles. The van der Waals surface area contributed by atoms with Crippen LogP contribution < -0.4 is 10.2 Å². The van der Waals surface area contributed by atoms with Crippen LogP contribution >= 0.6 is 11.8 Å². The number of carbonyl (C=O) groups excluding carboxylic acids is 2. The van der Waals surface area contributed by atoms with Crippen molar-refractivity contribution in [2.75, 3.05) is 25.2 Å². The minimum absolute atomic E-state index is 0.0461. The van der Waals surface area contributed by atoms with Crippen LogP contribution in [0.1, 0.15) is 23.0 Å². The standard InChI is InChI=1S/C22H25N3O2S/c1-14-21(16-9-5-6-10-17(16)23-14)22(27)15(2)25(3)13-20(26)24-18-11-7-8-12-19(18)28-4/h5-12,15,23H,13H2,1-4H3,(H,24,26)/p+1/t15-/m0/s1. The Labute approximate surface area is 169 Å². The van der Waals surface area contributed by atoms with Crippen molar-refractivity contribution in [1.29, 1.82) is 0 Å². The van der Waals surface area contributed by atoms with Crippen LogP contribution in [-0.4, -0.2) is 42.6 Å². The molecule has 0 bridgehead atoms. The number of Topliss-reactive ketones (excluding diaryl/α,β-unsaturated/α-hetero) is 1. The number of hydrogen-bond acceptors (Lipinski definition) is 3. The molecule has 3 aromatic rings. The summed E-state index contributed by atoms with van der Waals surface area (Å²) >= 11 is 1.59. The number of rotatable bonds is 7. The van der Waals surface area contributed by atoms with Gasteiger partial charge in [-0.2, -0.15) is 0 Å².